The topological polar surface area (TPSA) is 59.1 Å². The number of ether oxygens (including phenoxy) is 2. The fourth-order valence-electron chi connectivity index (χ4n) is 3.81. The van der Waals surface area contributed by atoms with Gasteiger partial charge in [-0.1, -0.05) is 31.9 Å². The van der Waals surface area contributed by atoms with E-state index in [0.717, 1.165) is 18.4 Å². The van der Waals surface area contributed by atoms with E-state index in [-0.39, 0.29) is 31.0 Å². The molecule has 174 valence electrons. The number of rotatable bonds is 10. The van der Waals surface area contributed by atoms with E-state index in [9.17, 15) is 9.59 Å². The maximum atomic E-state index is 13.4. The second-order valence-electron chi connectivity index (χ2n) is 8.14. The van der Waals surface area contributed by atoms with Crippen molar-refractivity contribution in [3.63, 3.8) is 0 Å². The van der Waals surface area contributed by atoms with Crippen LogP contribution in [0, 0.1) is 5.92 Å². The van der Waals surface area contributed by atoms with Crippen molar-refractivity contribution >= 4 is 34.8 Å². The van der Waals surface area contributed by atoms with Crippen LogP contribution in [0.5, 0.6) is 5.75 Å². The van der Waals surface area contributed by atoms with Gasteiger partial charge in [0.1, 0.15) is 19.0 Å². The quantitative estimate of drug-likeness (QED) is 0.507. The number of hydrogen-bond donors (Lipinski definition) is 0. The lowest BCUT2D eigenvalue weighted by Crippen LogP contribution is -2.49. The standard InChI is InChI=1S/C24H31ClN2O4S/c1-4-17(2)13-26(24(29)16-30-3)14-23(28)27-11-9-22-20(10-12-32-22)21(27)15-31-19-7-5-18(25)6-8-19/h5-8,10,12,17,21H,4,9,11,13-16H2,1-3H3. The molecule has 2 heterocycles. The molecule has 0 saturated heterocycles. The number of nitrogens with zero attached hydrogens (tertiary/aromatic N) is 2. The minimum absolute atomic E-state index is 0.0263. The van der Waals surface area contributed by atoms with Crippen LogP contribution in [-0.2, 0) is 20.7 Å². The van der Waals surface area contributed by atoms with Crippen molar-refractivity contribution in [2.75, 3.05) is 40.0 Å². The smallest absolute Gasteiger partial charge is 0.249 e. The number of methoxy groups -OCH3 is 1. The van der Waals surface area contributed by atoms with Crippen molar-refractivity contribution in [3.8, 4) is 5.75 Å². The van der Waals surface area contributed by atoms with Gasteiger partial charge in [-0.2, -0.15) is 0 Å². The van der Waals surface area contributed by atoms with E-state index in [2.05, 4.69) is 25.3 Å². The van der Waals surface area contributed by atoms with Gasteiger partial charge in [0.2, 0.25) is 11.8 Å². The van der Waals surface area contributed by atoms with E-state index in [1.807, 2.05) is 17.0 Å². The number of halogens is 1. The number of carbonyl (C=O) groups is 2. The van der Waals surface area contributed by atoms with Crippen LogP contribution in [-0.4, -0.2) is 61.6 Å². The third-order valence-electron chi connectivity index (χ3n) is 5.81. The van der Waals surface area contributed by atoms with Gasteiger partial charge in [0, 0.05) is 30.1 Å². The second-order valence-corrected chi connectivity index (χ2v) is 9.57. The van der Waals surface area contributed by atoms with E-state index < -0.39 is 0 Å². The van der Waals surface area contributed by atoms with Crippen LogP contribution in [0.2, 0.25) is 5.02 Å². The van der Waals surface area contributed by atoms with Gasteiger partial charge in [-0.05, 0) is 53.6 Å². The van der Waals surface area contributed by atoms with E-state index in [0.29, 0.717) is 36.4 Å². The summed E-state index contributed by atoms with van der Waals surface area (Å²) < 4.78 is 11.1. The Morgan fingerprint density at radius 2 is 2.03 bits per heavy atom. The normalized spacial score (nSPS) is 16.4. The summed E-state index contributed by atoms with van der Waals surface area (Å²) in [6.45, 7) is 5.67. The third-order valence-corrected chi connectivity index (χ3v) is 7.06. The number of fused-ring (bicyclic) bond motifs is 1. The van der Waals surface area contributed by atoms with Gasteiger partial charge in [0.05, 0.1) is 12.6 Å². The zero-order valence-corrected chi connectivity index (χ0v) is 20.5. The predicted octanol–water partition coefficient (Wildman–Crippen LogP) is 4.43. The van der Waals surface area contributed by atoms with Crippen molar-refractivity contribution < 1.29 is 19.1 Å². The average Bonchev–Trinajstić information content (AvgIpc) is 3.27. The fraction of sp³-hybridized carbons (Fsp3) is 0.500. The van der Waals surface area contributed by atoms with Crippen LogP contribution in [0.3, 0.4) is 0 Å². The zero-order chi connectivity index (χ0) is 23.1. The molecule has 1 aliphatic rings. The molecule has 0 fully saturated rings. The van der Waals surface area contributed by atoms with Crippen molar-refractivity contribution in [2.45, 2.75) is 32.7 Å². The lowest BCUT2D eigenvalue weighted by atomic mass is 10.00. The molecule has 1 aliphatic heterocycles. The molecule has 3 rings (SSSR count). The van der Waals surface area contributed by atoms with Gasteiger partial charge in [0.25, 0.3) is 0 Å². The van der Waals surface area contributed by atoms with Crippen LogP contribution < -0.4 is 4.74 Å². The van der Waals surface area contributed by atoms with Gasteiger partial charge >= 0.3 is 0 Å². The summed E-state index contributed by atoms with van der Waals surface area (Å²) in [6.07, 6.45) is 1.75. The van der Waals surface area contributed by atoms with Gasteiger partial charge in [-0.3, -0.25) is 9.59 Å². The Bertz CT molecular complexity index is 902. The van der Waals surface area contributed by atoms with E-state index in [1.165, 1.54) is 12.0 Å². The first-order chi connectivity index (χ1) is 15.4. The number of benzene rings is 1. The monoisotopic (exact) mass is 478 g/mol. The Kier molecular flexibility index (Phi) is 8.96. The lowest BCUT2D eigenvalue weighted by molar-refractivity contribution is -0.145. The predicted molar refractivity (Wildman–Crippen MR) is 127 cm³/mol. The molecule has 2 unspecified atom stereocenters. The van der Waals surface area contributed by atoms with Crippen molar-refractivity contribution in [3.05, 3.63) is 51.2 Å². The molecular weight excluding hydrogens is 448 g/mol. The zero-order valence-electron chi connectivity index (χ0n) is 18.9. The minimum atomic E-state index is -0.198. The number of amides is 2. The molecule has 0 saturated carbocycles. The largest absolute Gasteiger partial charge is 0.491 e. The van der Waals surface area contributed by atoms with Gasteiger partial charge in [0.15, 0.2) is 0 Å². The molecular formula is C24H31ClN2O4S. The first-order valence-corrected chi connectivity index (χ1v) is 12.2. The summed E-state index contributed by atoms with van der Waals surface area (Å²) in [7, 11) is 1.49. The number of carbonyl (C=O) groups excluding carboxylic acids is 2. The first-order valence-electron chi connectivity index (χ1n) is 10.9. The highest BCUT2D eigenvalue weighted by Crippen LogP contribution is 2.34. The third kappa shape index (κ3) is 6.24. The molecule has 0 spiro atoms. The van der Waals surface area contributed by atoms with E-state index in [4.69, 9.17) is 21.1 Å². The summed E-state index contributed by atoms with van der Waals surface area (Å²) >= 11 is 7.68. The molecule has 0 N–H and O–H groups in total. The van der Waals surface area contributed by atoms with Gasteiger partial charge < -0.3 is 19.3 Å². The second kappa shape index (κ2) is 11.7. The highest BCUT2D eigenvalue weighted by atomic mass is 35.5. The summed E-state index contributed by atoms with van der Waals surface area (Å²) in [5.41, 5.74) is 1.13. The molecule has 6 nitrogen and oxygen atoms in total. The molecule has 2 amide bonds. The summed E-state index contributed by atoms with van der Waals surface area (Å²) in [4.78, 5) is 30.8. The Labute approximate surface area is 199 Å². The highest BCUT2D eigenvalue weighted by Gasteiger charge is 2.33. The lowest BCUT2D eigenvalue weighted by Gasteiger charge is -2.37. The summed E-state index contributed by atoms with van der Waals surface area (Å²) in [6, 6.07) is 9.08. The van der Waals surface area contributed by atoms with Crippen molar-refractivity contribution in [1.29, 1.82) is 0 Å². The summed E-state index contributed by atoms with van der Waals surface area (Å²) in [5.74, 6) is 0.776. The molecule has 8 heteroatoms. The molecule has 2 atom stereocenters. The molecule has 0 radical (unpaired) electrons. The van der Waals surface area contributed by atoms with Crippen LogP contribution in [0.1, 0.15) is 36.8 Å². The minimum Gasteiger partial charge on any atom is -0.491 e. The molecule has 32 heavy (non-hydrogen) atoms. The Hall–Kier alpha value is -2.09. The Balaban J connectivity index is 1.75. The molecule has 1 aromatic heterocycles. The van der Waals surface area contributed by atoms with E-state index in [1.54, 1.807) is 28.4 Å². The average molecular weight is 479 g/mol. The number of thiophene rings is 1. The maximum Gasteiger partial charge on any atom is 0.249 e. The van der Waals surface area contributed by atoms with Gasteiger partial charge in [-0.15, -0.1) is 11.3 Å². The summed E-state index contributed by atoms with van der Waals surface area (Å²) in [5, 5.41) is 2.71. The van der Waals surface area contributed by atoms with Gasteiger partial charge in [-0.25, -0.2) is 0 Å². The molecule has 1 aromatic carbocycles. The van der Waals surface area contributed by atoms with Crippen molar-refractivity contribution in [2.24, 2.45) is 5.92 Å². The Morgan fingerprint density at radius 3 is 2.72 bits per heavy atom. The SMILES string of the molecule is CCC(C)CN(CC(=O)N1CCc2sccc2C1COc1ccc(Cl)cc1)C(=O)COC. The molecule has 0 bridgehead atoms. The maximum absolute atomic E-state index is 13.4. The Morgan fingerprint density at radius 1 is 1.28 bits per heavy atom. The van der Waals surface area contributed by atoms with Crippen LogP contribution in [0.25, 0.3) is 0 Å². The van der Waals surface area contributed by atoms with Crippen LogP contribution >= 0.6 is 22.9 Å². The van der Waals surface area contributed by atoms with Crippen LogP contribution in [0.4, 0.5) is 0 Å². The van der Waals surface area contributed by atoms with Crippen LogP contribution in [0.15, 0.2) is 35.7 Å². The molecule has 2 aromatic rings. The highest BCUT2D eigenvalue weighted by molar-refractivity contribution is 7.10. The fourth-order valence-corrected chi connectivity index (χ4v) is 4.86. The number of hydrogen-bond acceptors (Lipinski definition) is 5. The first kappa shape index (κ1) is 24.6. The van der Waals surface area contributed by atoms with Crippen molar-refractivity contribution in [1.82, 2.24) is 9.80 Å². The van der Waals surface area contributed by atoms with E-state index >= 15 is 0 Å². The molecule has 0 aliphatic carbocycles.